The van der Waals surface area contributed by atoms with Gasteiger partial charge in [-0.15, -0.1) is 0 Å². The molecule has 0 amide bonds. The third-order valence-electron chi connectivity index (χ3n) is 10.6. The largest absolute Gasteiger partial charge is 0.313 e. The summed E-state index contributed by atoms with van der Waals surface area (Å²) in [5.41, 5.74) is 17.0. The van der Waals surface area contributed by atoms with Crippen LogP contribution in [-0.2, 0) is 18.3 Å². The molecule has 0 bridgehead atoms. The molecule has 2 heteroatoms. The monoisotopic (exact) mass is 606 g/mol. The van der Waals surface area contributed by atoms with E-state index in [1.54, 1.807) is 5.56 Å². The van der Waals surface area contributed by atoms with Crippen molar-refractivity contribution in [2.75, 3.05) is 4.90 Å². The van der Waals surface area contributed by atoms with E-state index in [1.807, 2.05) is 0 Å². The van der Waals surface area contributed by atoms with Gasteiger partial charge in [0.15, 0.2) is 0 Å². The summed E-state index contributed by atoms with van der Waals surface area (Å²) in [5.74, 6) is 0. The first-order valence-corrected chi connectivity index (χ1v) is 17.0. The molecule has 1 aromatic heterocycles. The zero-order valence-electron chi connectivity index (χ0n) is 27.1. The van der Waals surface area contributed by atoms with Crippen LogP contribution >= 0.6 is 0 Å². The van der Waals surface area contributed by atoms with Gasteiger partial charge in [-0.05, 0) is 119 Å². The Labute approximate surface area is 277 Å². The van der Waals surface area contributed by atoms with E-state index in [2.05, 4.69) is 169 Å². The van der Waals surface area contributed by atoms with Crippen LogP contribution in [0.15, 0.2) is 146 Å². The van der Waals surface area contributed by atoms with E-state index >= 15 is 0 Å². The van der Waals surface area contributed by atoms with E-state index in [1.165, 1.54) is 80.6 Å². The predicted molar refractivity (Wildman–Crippen MR) is 198 cm³/mol. The van der Waals surface area contributed by atoms with Gasteiger partial charge in [0.1, 0.15) is 0 Å². The molecule has 2 aliphatic carbocycles. The van der Waals surface area contributed by atoms with Crippen molar-refractivity contribution in [3.63, 3.8) is 0 Å². The molecule has 228 valence electrons. The van der Waals surface area contributed by atoms with Gasteiger partial charge in [0, 0.05) is 39.2 Å². The van der Waals surface area contributed by atoms with Crippen molar-refractivity contribution in [2.24, 2.45) is 0 Å². The minimum absolute atomic E-state index is 0.0491. The number of nitrogens with zero attached hydrogens (tertiary/aromatic N) is 2. The first kappa shape index (κ1) is 27.9. The molecule has 2 aliphatic rings. The lowest BCUT2D eigenvalue weighted by Gasteiger charge is -2.28. The number of para-hydroxylation sites is 2. The highest BCUT2D eigenvalue weighted by atomic mass is 15.1. The lowest BCUT2D eigenvalue weighted by atomic mass is 9.82. The molecule has 47 heavy (non-hydrogen) atoms. The summed E-state index contributed by atoms with van der Waals surface area (Å²) in [6, 6.07) is 53.7. The average molecular weight is 607 g/mol. The minimum atomic E-state index is -0.0491. The Morgan fingerprint density at radius 2 is 1.15 bits per heavy atom. The first-order chi connectivity index (χ1) is 23.1. The van der Waals surface area contributed by atoms with Crippen molar-refractivity contribution >= 4 is 28.0 Å². The van der Waals surface area contributed by atoms with Crippen LogP contribution in [0.1, 0.15) is 49.1 Å². The molecule has 0 spiro atoms. The number of hydrogen-bond acceptors (Lipinski definition) is 1. The second-order valence-electron chi connectivity index (χ2n) is 13.7. The Morgan fingerprint density at radius 1 is 0.532 bits per heavy atom. The molecule has 0 atom stereocenters. The molecule has 2 nitrogen and oxygen atoms in total. The summed E-state index contributed by atoms with van der Waals surface area (Å²) < 4.78 is 2.50. The number of benzene rings is 6. The summed E-state index contributed by atoms with van der Waals surface area (Å²) in [4.78, 5) is 2.38. The van der Waals surface area contributed by atoms with E-state index in [9.17, 15) is 0 Å². The minimum Gasteiger partial charge on any atom is -0.313 e. The number of hydrogen-bond donors (Lipinski definition) is 0. The van der Waals surface area contributed by atoms with E-state index < -0.39 is 0 Å². The van der Waals surface area contributed by atoms with Gasteiger partial charge in [-0.3, -0.25) is 0 Å². The van der Waals surface area contributed by atoms with E-state index in [0.29, 0.717) is 0 Å². The highest BCUT2D eigenvalue weighted by Crippen LogP contribution is 2.50. The Morgan fingerprint density at radius 3 is 1.96 bits per heavy atom. The van der Waals surface area contributed by atoms with Crippen molar-refractivity contribution in [3.8, 4) is 27.9 Å². The Hall–Kier alpha value is -5.34. The Balaban J connectivity index is 1.07. The third kappa shape index (κ3) is 4.47. The topological polar surface area (TPSA) is 8.17 Å². The molecular weight excluding hydrogens is 569 g/mol. The van der Waals surface area contributed by atoms with Crippen LogP contribution < -0.4 is 4.90 Å². The van der Waals surface area contributed by atoms with Gasteiger partial charge in [0.25, 0.3) is 0 Å². The van der Waals surface area contributed by atoms with Crippen molar-refractivity contribution in [2.45, 2.75) is 44.9 Å². The van der Waals surface area contributed by atoms with Crippen molar-refractivity contribution in [1.82, 2.24) is 4.57 Å². The average Bonchev–Trinajstić information content (AvgIpc) is 3.58. The van der Waals surface area contributed by atoms with Crippen molar-refractivity contribution in [3.05, 3.63) is 168 Å². The molecule has 0 fully saturated rings. The van der Waals surface area contributed by atoms with Crippen LogP contribution in [0.25, 0.3) is 38.8 Å². The van der Waals surface area contributed by atoms with Gasteiger partial charge in [0.05, 0.1) is 5.52 Å². The molecule has 0 radical (unpaired) electrons. The van der Waals surface area contributed by atoms with Crippen LogP contribution in [0.5, 0.6) is 0 Å². The van der Waals surface area contributed by atoms with Gasteiger partial charge in [-0.2, -0.15) is 0 Å². The molecule has 0 saturated carbocycles. The maximum absolute atomic E-state index is 2.50. The molecule has 7 aromatic rings. The maximum atomic E-state index is 2.50. The number of fused-ring (bicyclic) bond motifs is 6. The smallest absolute Gasteiger partial charge is 0.0534 e. The number of anilines is 3. The van der Waals surface area contributed by atoms with E-state index in [0.717, 1.165) is 17.8 Å². The lowest BCUT2D eigenvalue weighted by molar-refractivity contribution is 0.660. The molecular formula is C45H38N2. The zero-order chi connectivity index (χ0) is 31.5. The second-order valence-corrected chi connectivity index (χ2v) is 13.7. The van der Waals surface area contributed by atoms with Crippen LogP contribution in [0.4, 0.5) is 17.1 Å². The fraction of sp³-hybridized carbons (Fsp3) is 0.156. The molecule has 9 rings (SSSR count). The van der Waals surface area contributed by atoms with Crippen LogP contribution in [0, 0.1) is 0 Å². The van der Waals surface area contributed by atoms with Gasteiger partial charge in [0.2, 0.25) is 0 Å². The highest BCUT2D eigenvalue weighted by Gasteiger charge is 2.35. The normalized spacial score (nSPS) is 14.4. The van der Waals surface area contributed by atoms with Gasteiger partial charge < -0.3 is 9.47 Å². The van der Waals surface area contributed by atoms with Crippen molar-refractivity contribution in [1.29, 1.82) is 0 Å². The van der Waals surface area contributed by atoms with Crippen LogP contribution in [0.3, 0.4) is 0 Å². The Kier molecular flexibility index (Phi) is 6.47. The summed E-state index contributed by atoms with van der Waals surface area (Å²) in [6.45, 7) is 4.70. The van der Waals surface area contributed by atoms with Gasteiger partial charge in [-0.1, -0.05) is 105 Å². The molecule has 6 aromatic carbocycles. The summed E-state index contributed by atoms with van der Waals surface area (Å²) in [6.07, 6.45) is 4.89. The lowest BCUT2D eigenvalue weighted by Crippen LogP contribution is -2.16. The first-order valence-electron chi connectivity index (χ1n) is 17.0. The number of aromatic nitrogens is 1. The molecule has 0 aliphatic heterocycles. The van der Waals surface area contributed by atoms with Gasteiger partial charge >= 0.3 is 0 Å². The summed E-state index contributed by atoms with van der Waals surface area (Å²) in [5, 5.41) is 1.42. The molecule has 0 unspecified atom stereocenters. The Bertz CT molecular complexity index is 2250. The summed E-state index contributed by atoms with van der Waals surface area (Å²) in [7, 11) is 0. The number of rotatable bonds is 5. The fourth-order valence-electron chi connectivity index (χ4n) is 8.25. The van der Waals surface area contributed by atoms with E-state index in [4.69, 9.17) is 0 Å². The van der Waals surface area contributed by atoms with E-state index in [-0.39, 0.29) is 5.41 Å². The quantitative estimate of drug-likeness (QED) is 0.189. The third-order valence-corrected chi connectivity index (χ3v) is 10.6. The predicted octanol–water partition coefficient (Wildman–Crippen LogP) is 12.0. The highest BCUT2D eigenvalue weighted by molar-refractivity contribution is 5.88. The van der Waals surface area contributed by atoms with Crippen LogP contribution in [0.2, 0.25) is 0 Å². The standard InChI is InChI=1S/C45H38N2/c1-45(2)41-17-9-6-14-37(41)38-29-28-36(30-42(38)45)46(33-12-4-3-5-13-33)34-24-20-31(21-25-34)32-22-26-35(27-23-32)47-43-18-10-7-15-39(43)40-16-8-11-19-44(40)47/h3-7,9-10,12-15,17-18,20-30H,8,11,16,19H2,1-2H3. The fourth-order valence-corrected chi connectivity index (χ4v) is 8.25. The zero-order valence-corrected chi connectivity index (χ0v) is 27.1. The van der Waals surface area contributed by atoms with Crippen LogP contribution in [-0.4, -0.2) is 4.57 Å². The van der Waals surface area contributed by atoms with Crippen molar-refractivity contribution < 1.29 is 0 Å². The SMILES string of the molecule is CC1(C)c2ccccc2-c2ccc(N(c3ccccc3)c3ccc(-c4ccc(-n5c6c(c7ccccc75)CCCC6)cc4)cc3)cc21. The van der Waals surface area contributed by atoms with Gasteiger partial charge in [-0.25, -0.2) is 0 Å². The molecule has 0 saturated heterocycles. The number of aryl methyl sites for hydroxylation is 1. The molecule has 1 heterocycles. The maximum Gasteiger partial charge on any atom is 0.0534 e. The molecule has 0 N–H and O–H groups in total. The summed E-state index contributed by atoms with van der Waals surface area (Å²) >= 11 is 0. The second kappa shape index (κ2) is 10.9.